The normalized spacial score (nSPS) is 11.3. The Bertz CT molecular complexity index is 716. The van der Waals surface area contributed by atoms with Crippen molar-refractivity contribution in [2.75, 3.05) is 6.61 Å². The van der Waals surface area contributed by atoms with Crippen molar-refractivity contribution in [1.29, 1.82) is 0 Å². The Hall–Kier alpha value is -2.64. The Labute approximate surface area is 128 Å². The Morgan fingerprint density at radius 2 is 1.87 bits per heavy atom. The van der Waals surface area contributed by atoms with E-state index in [1.54, 1.807) is 0 Å². The first kappa shape index (κ1) is 16.7. The topological polar surface area (TPSA) is 52.4 Å². The van der Waals surface area contributed by atoms with Gasteiger partial charge in [0.25, 0.3) is 0 Å². The first-order valence-corrected chi connectivity index (χ1v) is 6.50. The van der Waals surface area contributed by atoms with E-state index in [0.717, 1.165) is 30.3 Å². The van der Waals surface area contributed by atoms with Crippen molar-refractivity contribution in [1.82, 2.24) is 0 Å². The van der Waals surface area contributed by atoms with E-state index in [4.69, 9.17) is 4.74 Å². The van der Waals surface area contributed by atoms with Crippen LogP contribution in [0.15, 0.2) is 42.5 Å². The number of halogens is 4. The minimum absolute atomic E-state index is 0.0948. The van der Waals surface area contributed by atoms with Crippen LogP contribution in [0.4, 0.5) is 23.2 Å². The van der Waals surface area contributed by atoms with Crippen LogP contribution in [-0.4, -0.2) is 11.5 Å². The second kappa shape index (κ2) is 6.64. The molecule has 0 unspecified atom stereocenters. The summed E-state index contributed by atoms with van der Waals surface area (Å²) >= 11 is 0. The Morgan fingerprint density at radius 1 is 1.13 bits per heavy atom. The molecule has 0 aromatic heterocycles. The van der Waals surface area contributed by atoms with Gasteiger partial charge >= 0.3 is 11.9 Å². The SMILES string of the molecule is O=[N+]([O-])c1ccc(F)cc1OCCc1cccc(C(F)(F)F)c1. The molecule has 0 spiro atoms. The maximum Gasteiger partial charge on any atom is 0.416 e. The van der Waals surface area contributed by atoms with Gasteiger partial charge in [-0.05, 0) is 17.7 Å². The van der Waals surface area contributed by atoms with E-state index in [1.807, 2.05) is 0 Å². The summed E-state index contributed by atoms with van der Waals surface area (Å²) in [7, 11) is 0. The van der Waals surface area contributed by atoms with Crippen molar-refractivity contribution in [3.05, 3.63) is 69.5 Å². The molecular formula is C15H11F4NO3. The molecule has 2 aromatic rings. The molecule has 23 heavy (non-hydrogen) atoms. The molecule has 0 saturated heterocycles. The van der Waals surface area contributed by atoms with Gasteiger partial charge in [0, 0.05) is 18.6 Å². The fourth-order valence-corrected chi connectivity index (χ4v) is 1.94. The Kier molecular flexibility index (Phi) is 4.83. The van der Waals surface area contributed by atoms with Crippen molar-refractivity contribution in [2.45, 2.75) is 12.6 Å². The van der Waals surface area contributed by atoms with Gasteiger partial charge < -0.3 is 4.74 Å². The van der Waals surface area contributed by atoms with Crippen LogP contribution in [-0.2, 0) is 12.6 Å². The molecule has 122 valence electrons. The summed E-state index contributed by atoms with van der Waals surface area (Å²) in [6, 6.07) is 7.43. The molecule has 0 heterocycles. The van der Waals surface area contributed by atoms with Crippen LogP contribution in [0.5, 0.6) is 5.75 Å². The molecule has 0 aliphatic heterocycles. The quantitative estimate of drug-likeness (QED) is 0.465. The molecule has 0 atom stereocenters. The number of nitro benzene ring substituents is 1. The Balaban J connectivity index is 2.06. The van der Waals surface area contributed by atoms with Crippen molar-refractivity contribution in [3.8, 4) is 5.75 Å². The van der Waals surface area contributed by atoms with Gasteiger partial charge in [0.05, 0.1) is 17.1 Å². The third kappa shape index (κ3) is 4.41. The lowest BCUT2D eigenvalue weighted by molar-refractivity contribution is -0.385. The van der Waals surface area contributed by atoms with Gasteiger partial charge in [0.2, 0.25) is 0 Å². The summed E-state index contributed by atoms with van der Waals surface area (Å²) in [4.78, 5) is 10.1. The molecule has 0 amide bonds. The lowest BCUT2D eigenvalue weighted by Gasteiger charge is -2.10. The number of benzene rings is 2. The van der Waals surface area contributed by atoms with Gasteiger partial charge in [0.15, 0.2) is 5.75 Å². The highest BCUT2D eigenvalue weighted by Crippen LogP contribution is 2.30. The maximum absolute atomic E-state index is 13.1. The summed E-state index contributed by atoms with van der Waals surface area (Å²) in [5.41, 5.74) is -0.832. The largest absolute Gasteiger partial charge is 0.486 e. The number of rotatable bonds is 5. The molecule has 0 fully saturated rings. The fraction of sp³-hybridized carbons (Fsp3) is 0.200. The lowest BCUT2D eigenvalue weighted by atomic mass is 10.1. The van der Waals surface area contributed by atoms with E-state index in [9.17, 15) is 27.7 Å². The molecule has 0 saturated carbocycles. The highest BCUT2D eigenvalue weighted by atomic mass is 19.4. The average Bonchev–Trinajstić information content (AvgIpc) is 2.46. The van der Waals surface area contributed by atoms with E-state index in [0.29, 0.717) is 5.56 Å². The van der Waals surface area contributed by atoms with Crippen LogP contribution in [0.2, 0.25) is 0 Å². The highest BCUT2D eigenvalue weighted by Gasteiger charge is 2.30. The molecule has 0 radical (unpaired) electrons. The number of ether oxygens (including phenoxy) is 1. The fourth-order valence-electron chi connectivity index (χ4n) is 1.94. The molecule has 2 rings (SSSR count). The summed E-state index contributed by atoms with van der Waals surface area (Å²) < 4.78 is 56.0. The standard InChI is InChI=1S/C15H11F4NO3/c16-12-4-5-13(20(21)22)14(9-12)23-7-6-10-2-1-3-11(8-10)15(17,18)19/h1-5,8-9H,6-7H2. The number of nitrogens with zero attached hydrogens (tertiary/aromatic N) is 1. The molecular weight excluding hydrogens is 318 g/mol. The van der Waals surface area contributed by atoms with Crippen molar-refractivity contribution in [2.24, 2.45) is 0 Å². The predicted octanol–water partition coefficient (Wildman–Crippen LogP) is 4.37. The van der Waals surface area contributed by atoms with Gasteiger partial charge in [-0.1, -0.05) is 18.2 Å². The molecule has 0 bridgehead atoms. The summed E-state index contributed by atoms with van der Waals surface area (Å²) in [6.45, 7) is -0.119. The summed E-state index contributed by atoms with van der Waals surface area (Å²) in [6.07, 6.45) is -4.35. The van der Waals surface area contributed by atoms with Gasteiger partial charge in [-0.3, -0.25) is 10.1 Å². The van der Waals surface area contributed by atoms with E-state index in [1.165, 1.54) is 12.1 Å². The van der Waals surface area contributed by atoms with Crippen molar-refractivity contribution < 1.29 is 27.2 Å². The average molecular weight is 329 g/mol. The highest BCUT2D eigenvalue weighted by molar-refractivity contribution is 5.46. The zero-order valence-corrected chi connectivity index (χ0v) is 11.6. The smallest absolute Gasteiger partial charge is 0.416 e. The monoisotopic (exact) mass is 329 g/mol. The lowest BCUT2D eigenvalue weighted by Crippen LogP contribution is -2.07. The van der Waals surface area contributed by atoms with Gasteiger partial charge in [-0.2, -0.15) is 13.2 Å². The van der Waals surface area contributed by atoms with Crippen LogP contribution >= 0.6 is 0 Å². The van der Waals surface area contributed by atoms with E-state index >= 15 is 0 Å². The predicted molar refractivity (Wildman–Crippen MR) is 73.7 cm³/mol. The third-order valence-electron chi connectivity index (χ3n) is 3.02. The van der Waals surface area contributed by atoms with Crippen LogP contribution < -0.4 is 4.74 Å². The molecule has 0 aliphatic rings. The number of hydrogen-bond acceptors (Lipinski definition) is 3. The van der Waals surface area contributed by atoms with Crippen molar-refractivity contribution in [3.63, 3.8) is 0 Å². The van der Waals surface area contributed by atoms with E-state index < -0.39 is 28.2 Å². The maximum atomic E-state index is 13.1. The van der Waals surface area contributed by atoms with Crippen molar-refractivity contribution >= 4 is 5.69 Å². The number of alkyl halides is 3. The summed E-state index contributed by atoms with van der Waals surface area (Å²) in [5, 5.41) is 10.8. The molecule has 4 nitrogen and oxygen atoms in total. The Morgan fingerprint density at radius 3 is 2.52 bits per heavy atom. The minimum Gasteiger partial charge on any atom is -0.486 e. The first-order valence-electron chi connectivity index (χ1n) is 6.50. The molecule has 0 N–H and O–H groups in total. The van der Waals surface area contributed by atoms with E-state index in [2.05, 4.69) is 0 Å². The molecule has 2 aromatic carbocycles. The van der Waals surface area contributed by atoms with Crippen LogP contribution in [0.25, 0.3) is 0 Å². The van der Waals surface area contributed by atoms with Crippen LogP contribution in [0.3, 0.4) is 0 Å². The molecule has 8 heteroatoms. The van der Waals surface area contributed by atoms with Crippen LogP contribution in [0.1, 0.15) is 11.1 Å². The number of hydrogen-bond donors (Lipinski definition) is 0. The zero-order valence-electron chi connectivity index (χ0n) is 11.6. The van der Waals surface area contributed by atoms with Gasteiger partial charge in [-0.15, -0.1) is 0 Å². The van der Waals surface area contributed by atoms with Gasteiger partial charge in [0.1, 0.15) is 5.82 Å². The second-order valence-electron chi connectivity index (χ2n) is 4.67. The zero-order chi connectivity index (χ0) is 17.0. The molecule has 0 aliphatic carbocycles. The van der Waals surface area contributed by atoms with Crippen LogP contribution in [0, 0.1) is 15.9 Å². The first-order chi connectivity index (χ1) is 10.8. The van der Waals surface area contributed by atoms with Gasteiger partial charge in [-0.25, -0.2) is 4.39 Å². The number of nitro groups is 1. The minimum atomic E-state index is -4.45. The third-order valence-corrected chi connectivity index (χ3v) is 3.02. The van der Waals surface area contributed by atoms with E-state index in [-0.39, 0.29) is 18.8 Å². The second-order valence-corrected chi connectivity index (χ2v) is 4.67. The summed E-state index contributed by atoms with van der Waals surface area (Å²) in [5.74, 6) is -0.966.